The number of carbonyl (C=O) groups is 2. The van der Waals surface area contributed by atoms with Crippen LogP contribution in [-0.2, 0) is 4.79 Å². The summed E-state index contributed by atoms with van der Waals surface area (Å²) in [5.41, 5.74) is 0.441. The van der Waals surface area contributed by atoms with Gasteiger partial charge in [0.15, 0.2) is 0 Å². The maximum Gasteiger partial charge on any atom is 0.326 e. The third kappa shape index (κ3) is 3.29. The molecule has 0 aliphatic heterocycles. The lowest BCUT2D eigenvalue weighted by Gasteiger charge is -2.11. The van der Waals surface area contributed by atoms with E-state index >= 15 is 0 Å². The number of hydrogen-bond donors (Lipinski definition) is 2. The Morgan fingerprint density at radius 2 is 2.19 bits per heavy atom. The molecule has 1 aromatic heterocycles. The molecule has 1 unspecified atom stereocenters. The van der Waals surface area contributed by atoms with Crippen molar-refractivity contribution in [3.05, 3.63) is 19.2 Å². The third-order valence-corrected chi connectivity index (χ3v) is 4.25. The van der Waals surface area contributed by atoms with Crippen molar-refractivity contribution in [3.8, 4) is 0 Å². The number of carboxylic acid groups (broad SMARTS) is 1. The molecule has 1 amide bonds. The van der Waals surface area contributed by atoms with Crippen molar-refractivity contribution in [3.63, 3.8) is 0 Å². The van der Waals surface area contributed by atoms with Crippen molar-refractivity contribution >= 4 is 55.1 Å². The molecule has 4 nitrogen and oxygen atoms in total. The average Bonchev–Trinajstić information content (AvgIpc) is 2.53. The molecule has 0 aromatic carbocycles. The lowest BCUT2D eigenvalue weighted by Crippen LogP contribution is -2.40. The van der Waals surface area contributed by atoms with Crippen LogP contribution in [0, 0.1) is 0 Å². The van der Waals surface area contributed by atoms with Gasteiger partial charge in [0, 0.05) is 0 Å². The van der Waals surface area contributed by atoms with Crippen molar-refractivity contribution in [2.24, 2.45) is 0 Å². The van der Waals surface area contributed by atoms with Crippen LogP contribution in [-0.4, -0.2) is 23.0 Å². The van der Waals surface area contributed by atoms with Crippen LogP contribution >= 0.6 is 43.2 Å². The third-order valence-electron chi connectivity index (χ3n) is 1.91. The quantitative estimate of drug-likeness (QED) is 0.856. The summed E-state index contributed by atoms with van der Waals surface area (Å²) in [6.45, 7) is 1.71. The number of thiophene rings is 1. The molecule has 7 heteroatoms. The van der Waals surface area contributed by atoms with Crippen molar-refractivity contribution in [1.82, 2.24) is 5.32 Å². The number of amides is 1. The van der Waals surface area contributed by atoms with E-state index in [0.717, 1.165) is 3.79 Å². The zero-order valence-electron chi connectivity index (χ0n) is 8.29. The minimum absolute atomic E-state index is 0.351. The van der Waals surface area contributed by atoms with Crippen molar-refractivity contribution in [2.45, 2.75) is 19.4 Å². The molecule has 0 saturated heterocycles. The van der Waals surface area contributed by atoms with Gasteiger partial charge in [-0.2, -0.15) is 0 Å². The van der Waals surface area contributed by atoms with Gasteiger partial charge in [0.2, 0.25) is 0 Å². The number of rotatable bonds is 4. The highest BCUT2D eigenvalue weighted by molar-refractivity contribution is 9.12. The van der Waals surface area contributed by atoms with Crippen LogP contribution in [0.5, 0.6) is 0 Å². The number of hydrogen-bond acceptors (Lipinski definition) is 3. The van der Waals surface area contributed by atoms with Crippen LogP contribution in [0.4, 0.5) is 0 Å². The minimum atomic E-state index is -1.03. The van der Waals surface area contributed by atoms with E-state index in [4.69, 9.17) is 5.11 Å². The van der Waals surface area contributed by atoms with Crippen LogP contribution in [0.25, 0.3) is 0 Å². The molecule has 0 bridgehead atoms. The van der Waals surface area contributed by atoms with Crippen LogP contribution in [0.2, 0.25) is 0 Å². The van der Waals surface area contributed by atoms with Crippen LogP contribution in [0.3, 0.4) is 0 Å². The fourth-order valence-electron chi connectivity index (χ4n) is 1.07. The lowest BCUT2D eigenvalue weighted by atomic mass is 10.2. The number of nitrogens with one attached hydrogen (secondary N) is 1. The van der Waals surface area contributed by atoms with Gasteiger partial charge in [0.05, 0.1) is 13.1 Å². The summed E-state index contributed by atoms with van der Waals surface area (Å²) in [6, 6.07) is 0.802. The predicted molar refractivity (Wildman–Crippen MR) is 68.9 cm³/mol. The highest BCUT2D eigenvalue weighted by Crippen LogP contribution is 2.31. The average molecular weight is 371 g/mol. The first-order valence-corrected chi connectivity index (χ1v) is 6.84. The van der Waals surface area contributed by atoms with E-state index < -0.39 is 12.0 Å². The maximum absolute atomic E-state index is 11.7. The molecule has 1 rings (SSSR count). The highest BCUT2D eigenvalue weighted by Gasteiger charge is 2.21. The van der Waals surface area contributed by atoms with Crippen LogP contribution in [0.15, 0.2) is 13.6 Å². The van der Waals surface area contributed by atoms with E-state index in [2.05, 4.69) is 37.2 Å². The Morgan fingerprint density at radius 1 is 1.56 bits per heavy atom. The molecule has 16 heavy (non-hydrogen) atoms. The smallest absolute Gasteiger partial charge is 0.326 e. The molecular weight excluding hydrogens is 362 g/mol. The van der Waals surface area contributed by atoms with Crippen molar-refractivity contribution in [1.29, 1.82) is 0 Å². The van der Waals surface area contributed by atoms with E-state index in [1.807, 2.05) is 0 Å². The monoisotopic (exact) mass is 369 g/mol. The summed E-state index contributed by atoms with van der Waals surface area (Å²) in [4.78, 5) is 22.5. The molecule has 1 aromatic rings. The molecule has 0 aliphatic carbocycles. The summed E-state index contributed by atoms with van der Waals surface area (Å²) in [5.74, 6) is -1.41. The molecule has 0 radical (unpaired) electrons. The molecule has 0 fully saturated rings. The summed E-state index contributed by atoms with van der Waals surface area (Å²) in [5, 5.41) is 11.3. The van der Waals surface area contributed by atoms with Crippen molar-refractivity contribution in [2.75, 3.05) is 0 Å². The van der Waals surface area contributed by atoms with Gasteiger partial charge in [-0.15, -0.1) is 11.3 Å². The summed E-state index contributed by atoms with van der Waals surface area (Å²) in [7, 11) is 0. The fourth-order valence-corrected chi connectivity index (χ4v) is 3.86. The Bertz CT molecular complexity index is 419. The van der Waals surface area contributed by atoms with Gasteiger partial charge in [-0.05, 0) is 44.3 Å². The molecule has 0 saturated carbocycles. The lowest BCUT2D eigenvalue weighted by molar-refractivity contribution is -0.139. The van der Waals surface area contributed by atoms with Crippen molar-refractivity contribution < 1.29 is 14.7 Å². The van der Waals surface area contributed by atoms with E-state index in [-0.39, 0.29) is 5.91 Å². The van der Waals surface area contributed by atoms with Gasteiger partial charge >= 0.3 is 5.97 Å². The van der Waals surface area contributed by atoms with Gasteiger partial charge in [-0.1, -0.05) is 6.92 Å². The Morgan fingerprint density at radius 3 is 2.56 bits per heavy atom. The van der Waals surface area contributed by atoms with Crippen LogP contribution in [0.1, 0.15) is 23.7 Å². The second-order valence-electron chi connectivity index (χ2n) is 3.01. The summed E-state index contributed by atoms with van der Waals surface area (Å²) in [6.07, 6.45) is 0.351. The standard InChI is InChI=1S/C9H9Br2NO3S/c1-2-5(9(14)15)12-8(13)4-3-6(10)16-7(4)11/h3,5H,2H2,1H3,(H,12,13)(H,14,15). The van der Waals surface area contributed by atoms with E-state index in [1.54, 1.807) is 13.0 Å². The number of aliphatic carboxylic acids is 1. The summed E-state index contributed by atoms with van der Waals surface area (Å²) >= 11 is 7.87. The molecule has 0 aliphatic rings. The predicted octanol–water partition coefficient (Wildman–Crippen LogP) is 2.87. The Hall–Kier alpha value is -0.400. The second kappa shape index (κ2) is 5.79. The first-order valence-electron chi connectivity index (χ1n) is 4.44. The van der Waals surface area contributed by atoms with Gasteiger partial charge in [-0.3, -0.25) is 4.79 Å². The highest BCUT2D eigenvalue weighted by atomic mass is 79.9. The number of halogens is 2. The number of carbonyl (C=O) groups excluding carboxylic acids is 1. The first kappa shape index (κ1) is 13.7. The second-order valence-corrected chi connectivity index (χ2v) is 6.76. The minimum Gasteiger partial charge on any atom is -0.480 e. The SMILES string of the molecule is CCC(NC(=O)c1cc(Br)sc1Br)C(=O)O. The Kier molecular flexibility index (Phi) is 4.94. The van der Waals surface area contributed by atoms with Gasteiger partial charge in [-0.25, -0.2) is 4.79 Å². The summed E-state index contributed by atoms with van der Waals surface area (Å²) < 4.78 is 1.49. The molecular formula is C9H9Br2NO3S. The van der Waals surface area contributed by atoms with Gasteiger partial charge < -0.3 is 10.4 Å². The molecule has 1 atom stereocenters. The first-order chi connectivity index (χ1) is 7.45. The van der Waals surface area contributed by atoms with E-state index in [0.29, 0.717) is 15.8 Å². The Labute approximate surface area is 113 Å². The molecule has 0 spiro atoms. The zero-order chi connectivity index (χ0) is 12.3. The molecule has 2 N–H and O–H groups in total. The largest absolute Gasteiger partial charge is 0.480 e. The van der Waals surface area contributed by atoms with Gasteiger partial charge in [0.25, 0.3) is 5.91 Å². The van der Waals surface area contributed by atoms with Gasteiger partial charge in [0.1, 0.15) is 6.04 Å². The zero-order valence-corrected chi connectivity index (χ0v) is 12.3. The molecule has 88 valence electrons. The van der Waals surface area contributed by atoms with Crippen LogP contribution < -0.4 is 5.32 Å². The van der Waals surface area contributed by atoms with E-state index in [9.17, 15) is 9.59 Å². The normalized spacial score (nSPS) is 12.2. The molecule has 1 heterocycles. The maximum atomic E-state index is 11.7. The fraction of sp³-hybridized carbons (Fsp3) is 0.333. The topological polar surface area (TPSA) is 66.4 Å². The Balaban J connectivity index is 2.79. The number of carboxylic acids is 1. The van der Waals surface area contributed by atoms with E-state index in [1.165, 1.54) is 11.3 Å².